The number of thiazole rings is 1. The lowest BCUT2D eigenvalue weighted by Gasteiger charge is -2.08. The van der Waals surface area contributed by atoms with Crippen molar-refractivity contribution in [2.24, 2.45) is 0 Å². The number of aliphatic hydroxyl groups excluding tert-OH is 1. The van der Waals surface area contributed by atoms with Gasteiger partial charge in [0.2, 0.25) is 0 Å². The number of aliphatic hydroxyl groups is 1. The van der Waals surface area contributed by atoms with E-state index in [4.69, 9.17) is 0 Å². The number of hydrogen-bond acceptors (Lipinski definition) is 5. The number of benzene rings is 2. The highest BCUT2D eigenvalue weighted by molar-refractivity contribution is 7.22. The summed E-state index contributed by atoms with van der Waals surface area (Å²) in [5, 5.41) is 15.4. The van der Waals surface area contributed by atoms with E-state index in [9.17, 15) is 9.90 Å². The Morgan fingerprint density at radius 3 is 2.62 bits per heavy atom. The van der Waals surface area contributed by atoms with Gasteiger partial charge in [0.1, 0.15) is 0 Å². The van der Waals surface area contributed by atoms with Crippen molar-refractivity contribution in [1.29, 1.82) is 0 Å². The second-order valence-electron chi connectivity index (χ2n) is 6.47. The fraction of sp³-hybridized carbons (Fsp3) is 0.136. The van der Waals surface area contributed by atoms with E-state index in [-0.39, 0.29) is 12.6 Å². The molecule has 0 unspecified atom stereocenters. The van der Waals surface area contributed by atoms with E-state index in [1.807, 2.05) is 55.6 Å². The third kappa shape index (κ3) is 4.11. The number of pyridine rings is 1. The van der Waals surface area contributed by atoms with Crippen molar-refractivity contribution >= 4 is 32.7 Å². The number of nitrogens with zero attached hydrogens (tertiary/aromatic N) is 2. The Balaban J connectivity index is 1.84. The molecule has 2 aromatic heterocycles. The number of fused-ring (bicyclic) bond motifs is 1. The smallest absolute Gasteiger partial charge is 0.321 e. The van der Waals surface area contributed by atoms with Crippen molar-refractivity contribution in [1.82, 2.24) is 15.3 Å². The second-order valence-corrected chi connectivity index (χ2v) is 7.47. The first-order valence-corrected chi connectivity index (χ1v) is 10.1. The van der Waals surface area contributed by atoms with Crippen LogP contribution in [-0.2, 0) is 6.61 Å². The summed E-state index contributed by atoms with van der Waals surface area (Å²) < 4.78 is 0.987. The molecule has 0 saturated carbocycles. The minimum absolute atomic E-state index is 0.0151. The maximum absolute atomic E-state index is 11.9. The number of anilines is 1. The summed E-state index contributed by atoms with van der Waals surface area (Å²) >= 11 is 1.44. The highest BCUT2D eigenvalue weighted by Gasteiger charge is 2.14. The highest BCUT2D eigenvalue weighted by Crippen LogP contribution is 2.38. The molecule has 0 fully saturated rings. The Bertz CT molecular complexity index is 1140. The van der Waals surface area contributed by atoms with Crippen LogP contribution in [-0.4, -0.2) is 27.7 Å². The van der Waals surface area contributed by atoms with Crippen LogP contribution in [0.15, 0.2) is 60.9 Å². The predicted octanol–water partition coefficient (Wildman–Crippen LogP) is 4.66. The number of hydrogen-bond donors (Lipinski definition) is 3. The van der Waals surface area contributed by atoms with Crippen molar-refractivity contribution in [2.75, 3.05) is 11.9 Å². The molecule has 2 aromatic carbocycles. The first-order chi connectivity index (χ1) is 14.2. The van der Waals surface area contributed by atoms with Gasteiger partial charge in [-0.2, -0.15) is 0 Å². The van der Waals surface area contributed by atoms with Crippen LogP contribution < -0.4 is 10.6 Å². The van der Waals surface area contributed by atoms with Crippen LogP contribution in [0.1, 0.15) is 12.5 Å². The van der Waals surface area contributed by atoms with Gasteiger partial charge in [-0.05, 0) is 41.8 Å². The largest absolute Gasteiger partial charge is 0.392 e. The summed E-state index contributed by atoms with van der Waals surface area (Å²) in [5.74, 6) is 0. The molecule has 6 nitrogen and oxygen atoms in total. The highest BCUT2D eigenvalue weighted by atomic mass is 32.1. The standard InChI is InChI=1S/C22H20N4O2S/c1-2-24-21(28)26-22-25-19-11-17(15-7-5-14(13-27)6-8-15)10-18(20(19)29-22)16-4-3-9-23-12-16/h3-12,27H,2,13H2,1H3,(H2,24,25,26,28). The summed E-state index contributed by atoms with van der Waals surface area (Å²) in [6.07, 6.45) is 3.57. The Morgan fingerprint density at radius 2 is 1.93 bits per heavy atom. The third-order valence-corrected chi connectivity index (χ3v) is 5.51. The third-order valence-electron chi connectivity index (χ3n) is 4.49. The molecule has 146 valence electrons. The Morgan fingerprint density at radius 1 is 1.10 bits per heavy atom. The zero-order valence-electron chi connectivity index (χ0n) is 15.8. The first kappa shape index (κ1) is 19.0. The summed E-state index contributed by atoms with van der Waals surface area (Å²) in [6.45, 7) is 2.43. The van der Waals surface area contributed by atoms with Gasteiger partial charge in [-0.3, -0.25) is 10.3 Å². The number of aromatic nitrogens is 2. The van der Waals surface area contributed by atoms with Crippen LogP contribution >= 0.6 is 11.3 Å². The van der Waals surface area contributed by atoms with E-state index in [1.54, 1.807) is 6.20 Å². The van der Waals surface area contributed by atoms with Gasteiger partial charge in [-0.15, -0.1) is 0 Å². The minimum atomic E-state index is -0.269. The van der Waals surface area contributed by atoms with Crippen LogP contribution in [0.3, 0.4) is 0 Å². The molecule has 0 bridgehead atoms. The van der Waals surface area contributed by atoms with Gasteiger partial charge in [0.25, 0.3) is 0 Å². The molecule has 3 N–H and O–H groups in total. The first-order valence-electron chi connectivity index (χ1n) is 9.28. The zero-order valence-corrected chi connectivity index (χ0v) is 16.7. The molecule has 2 amide bonds. The van der Waals surface area contributed by atoms with Gasteiger partial charge in [0.05, 0.1) is 16.8 Å². The normalized spacial score (nSPS) is 10.8. The summed E-state index contributed by atoms with van der Waals surface area (Å²) in [7, 11) is 0. The van der Waals surface area contributed by atoms with Crippen LogP contribution in [0.5, 0.6) is 0 Å². The van der Waals surface area contributed by atoms with Gasteiger partial charge >= 0.3 is 6.03 Å². The monoisotopic (exact) mass is 404 g/mol. The number of urea groups is 1. The van der Waals surface area contributed by atoms with Crippen molar-refractivity contribution < 1.29 is 9.90 Å². The molecule has 29 heavy (non-hydrogen) atoms. The number of nitrogens with one attached hydrogen (secondary N) is 2. The van der Waals surface area contributed by atoms with Gasteiger partial charge in [0.15, 0.2) is 5.13 Å². The lowest BCUT2D eigenvalue weighted by atomic mass is 9.98. The van der Waals surface area contributed by atoms with E-state index in [2.05, 4.69) is 26.7 Å². The molecule has 0 saturated heterocycles. The van der Waals surface area contributed by atoms with Gasteiger partial charge in [-0.1, -0.05) is 41.7 Å². The van der Waals surface area contributed by atoms with Crippen LogP contribution in [0.25, 0.3) is 32.5 Å². The second kappa shape index (κ2) is 8.38. The molecule has 0 atom stereocenters. The van der Waals surface area contributed by atoms with E-state index >= 15 is 0 Å². The molecular formula is C22H20N4O2S. The SMILES string of the molecule is CCNC(=O)Nc1nc2cc(-c3ccc(CO)cc3)cc(-c3cccnc3)c2s1. The van der Waals surface area contributed by atoms with Gasteiger partial charge < -0.3 is 10.4 Å². The molecule has 0 aliphatic heterocycles. The van der Waals surface area contributed by atoms with Crippen LogP contribution in [0, 0.1) is 0 Å². The predicted molar refractivity (Wildman–Crippen MR) is 117 cm³/mol. The number of carbonyl (C=O) groups is 1. The van der Waals surface area contributed by atoms with E-state index in [1.165, 1.54) is 11.3 Å². The Labute approximate surface area is 172 Å². The minimum Gasteiger partial charge on any atom is -0.392 e. The van der Waals surface area contributed by atoms with Crippen LogP contribution in [0.4, 0.5) is 9.93 Å². The Hall–Kier alpha value is -3.29. The summed E-state index contributed by atoms with van der Waals surface area (Å²) in [5.41, 5.74) is 5.71. The molecule has 7 heteroatoms. The molecule has 0 aliphatic carbocycles. The van der Waals surface area contributed by atoms with Crippen molar-refractivity contribution in [2.45, 2.75) is 13.5 Å². The molecule has 0 spiro atoms. The Kier molecular flexibility index (Phi) is 5.50. The van der Waals surface area contributed by atoms with Crippen molar-refractivity contribution in [3.63, 3.8) is 0 Å². The van der Waals surface area contributed by atoms with Crippen LogP contribution in [0.2, 0.25) is 0 Å². The molecule has 0 aliphatic rings. The number of amides is 2. The average Bonchev–Trinajstić information content (AvgIpc) is 3.16. The van der Waals surface area contributed by atoms with Gasteiger partial charge in [-0.25, -0.2) is 9.78 Å². The fourth-order valence-corrected chi connectivity index (χ4v) is 4.07. The number of carbonyl (C=O) groups excluding carboxylic acids is 1. The molecule has 2 heterocycles. The quantitative estimate of drug-likeness (QED) is 0.451. The van der Waals surface area contributed by atoms with E-state index < -0.39 is 0 Å². The molecule has 4 aromatic rings. The fourth-order valence-electron chi connectivity index (χ4n) is 3.09. The molecular weight excluding hydrogens is 384 g/mol. The maximum Gasteiger partial charge on any atom is 0.321 e. The van der Waals surface area contributed by atoms with Crippen molar-refractivity contribution in [3.05, 3.63) is 66.5 Å². The molecule has 0 radical (unpaired) electrons. The van der Waals surface area contributed by atoms with E-state index in [0.717, 1.165) is 38.0 Å². The average molecular weight is 404 g/mol. The number of rotatable bonds is 5. The van der Waals surface area contributed by atoms with Crippen molar-refractivity contribution in [3.8, 4) is 22.3 Å². The zero-order chi connectivity index (χ0) is 20.2. The van der Waals surface area contributed by atoms with Gasteiger partial charge in [0, 0.05) is 30.1 Å². The molecule has 4 rings (SSSR count). The summed E-state index contributed by atoms with van der Waals surface area (Å²) in [4.78, 5) is 20.8. The van der Waals surface area contributed by atoms with E-state index in [0.29, 0.717) is 11.7 Å². The maximum atomic E-state index is 11.9. The topological polar surface area (TPSA) is 87.1 Å². The lowest BCUT2D eigenvalue weighted by Crippen LogP contribution is -2.28. The lowest BCUT2D eigenvalue weighted by molar-refractivity contribution is 0.252. The summed E-state index contributed by atoms with van der Waals surface area (Å²) in [6, 6.07) is 15.6.